The number of phenols is 1. The van der Waals surface area contributed by atoms with Gasteiger partial charge in [0.15, 0.2) is 5.96 Å². The second-order valence-corrected chi connectivity index (χ2v) is 8.67. The molecule has 0 atom stereocenters. The maximum absolute atomic E-state index is 12.1. The van der Waals surface area contributed by atoms with E-state index in [9.17, 15) is 18.3 Å². The number of nitrogens with two attached hydrogens (primary N) is 2. The molecular weight excluding hydrogens is 444 g/mol. The normalized spacial score (nSPS) is 11.6. The molecule has 0 aliphatic carbocycles. The van der Waals surface area contributed by atoms with Gasteiger partial charge in [0, 0.05) is 5.57 Å². The number of rotatable bonds is 6. The van der Waals surface area contributed by atoms with Gasteiger partial charge in [-0.2, -0.15) is 0 Å². The van der Waals surface area contributed by atoms with Crippen LogP contribution in [0.1, 0.15) is 12.5 Å². The van der Waals surface area contributed by atoms with E-state index in [1.165, 1.54) is 30.3 Å². The monoisotopic (exact) mass is 466 g/mol. The van der Waals surface area contributed by atoms with E-state index in [0.717, 1.165) is 0 Å². The van der Waals surface area contributed by atoms with Gasteiger partial charge in [-0.15, -0.1) is 0 Å². The number of nitrogens with one attached hydrogen (secondary N) is 2. The van der Waals surface area contributed by atoms with Crippen LogP contribution in [0.15, 0.2) is 77.2 Å². The number of ether oxygens (including phenoxy) is 1. The summed E-state index contributed by atoms with van der Waals surface area (Å²) >= 11 is 0. The van der Waals surface area contributed by atoms with Crippen LogP contribution < -0.4 is 20.9 Å². The van der Waals surface area contributed by atoms with Crippen LogP contribution >= 0.6 is 0 Å². The minimum absolute atomic E-state index is 0.0323. The first kappa shape index (κ1) is 23.5. The number of guanidine groups is 1. The Morgan fingerprint density at radius 1 is 1.06 bits per heavy atom. The predicted molar refractivity (Wildman–Crippen MR) is 125 cm³/mol. The molecule has 7 N–H and O–H groups in total. The van der Waals surface area contributed by atoms with Crippen molar-refractivity contribution in [2.24, 2.45) is 10.9 Å². The first-order valence-corrected chi connectivity index (χ1v) is 11.2. The average Bonchev–Trinajstić information content (AvgIpc) is 2.74. The minimum Gasteiger partial charge on any atom is -0.508 e. The van der Waals surface area contributed by atoms with Gasteiger partial charge in [-0.3, -0.25) is 15.5 Å². The number of amides is 1. The molecule has 0 fully saturated rings. The van der Waals surface area contributed by atoms with Crippen molar-refractivity contribution >= 4 is 28.0 Å². The van der Waals surface area contributed by atoms with Gasteiger partial charge in [-0.1, -0.05) is 18.2 Å². The van der Waals surface area contributed by atoms with E-state index in [0.29, 0.717) is 33.8 Å². The fourth-order valence-corrected chi connectivity index (χ4v) is 3.52. The Bertz CT molecular complexity index is 1350. The summed E-state index contributed by atoms with van der Waals surface area (Å²) in [5.74, 6) is -0.0691. The summed E-state index contributed by atoms with van der Waals surface area (Å²) in [6.07, 6.45) is 1.63. The molecule has 0 spiro atoms. The molecule has 0 saturated carbocycles. The summed E-state index contributed by atoms with van der Waals surface area (Å²) in [5.41, 5.74) is 7.55. The summed E-state index contributed by atoms with van der Waals surface area (Å²) in [6.45, 7) is 1.59. The lowest BCUT2D eigenvalue weighted by atomic mass is 9.97. The van der Waals surface area contributed by atoms with E-state index in [1.54, 1.807) is 49.4 Å². The zero-order valence-corrected chi connectivity index (χ0v) is 18.4. The molecule has 3 rings (SSSR count). The first-order valence-electron chi connectivity index (χ1n) is 9.61. The van der Waals surface area contributed by atoms with E-state index in [4.69, 9.17) is 21.0 Å². The Balaban J connectivity index is 2.00. The van der Waals surface area contributed by atoms with Crippen LogP contribution in [0, 0.1) is 5.41 Å². The molecule has 0 saturated heterocycles. The number of phenolic OH excluding ortho intramolecular Hbond substituents is 1. The average molecular weight is 467 g/mol. The van der Waals surface area contributed by atoms with Crippen molar-refractivity contribution in [2.75, 3.05) is 0 Å². The van der Waals surface area contributed by atoms with Crippen LogP contribution in [0.25, 0.3) is 17.2 Å². The number of benzene rings is 3. The van der Waals surface area contributed by atoms with Gasteiger partial charge in [0.2, 0.25) is 10.0 Å². The highest BCUT2D eigenvalue weighted by Crippen LogP contribution is 2.33. The van der Waals surface area contributed by atoms with E-state index < -0.39 is 21.9 Å². The minimum atomic E-state index is -3.81. The van der Waals surface area contributed by atoms with Gasteiger partial charge in [-0.25, -0.2) is 13.6 Å². The van der Waals surface area contributed by atoms with Crippen LogP contribution in [-0.4, -0.2) is 25.4 Å². The molecule has 0 aromatic heterocycles. The number of carbonyl (C=O) groups is 1. The molecule has 0 radical (unpaired) electrons. The fraction of sp³-hybridized carbons (Fsp3) is 0.0435. The molecule has 0 aliphatic rings. The zero-order chi connectivity index (χ0) is 24.2. The van der Waals surface area contributed by atoms with Crippen LogP contribution in [0.3, 0.4) is 0 Å². The Labute approximate surface area is 190 Å². The van der Waals surface area contributed by atoms with Crippen LogP contribution in [0.4, 0.5) is 0 Å². The summed E-state index contributed by atoms with van der Waals surface area (Å²) in [4.78, 5) is 12.1. The number of aromatic hydroxyl groups is 1. The summed E-state index contributed by atoms with van der Waals surface area (Å²) in [6, 6.07) is 17.4. The highest BCUT2D eigenvalue weighted by molar-refractivity contribution is 7.89. The lowest BCUT2D eigenvalue weighted by Gasteiger charge is -2.13. The van der Waals surface area contributed by atoms with Crippen molar-refractivity contribution in [3.05, 3.63) is 77.9 Å². The fourth-order valence-electron chi connectivity index (χ4n) is 3.00. The summed E-state index contributed by atoms with van der Waals surface area (Å²) in [7, 11) is -3.81. The maximum atomic E-state index is 12.1. The van der Waals surface area contributed by atoms with E-state index in [2.05, 4.69) is 5.32 Å². The topological polar surface area (TPSA) is 169 Å². The molecule has 33 heavy (non-hydrogen) atoms. The van der Waals surface area contributed by atoms with Crippen LogP contribution in [-0.2, 0) is 14.8 Å². The quantitative estimate of drug-likeness (QED) is 0.212. The highest BCUT2D eigenvalue weighted by atomic mass is 32.2. The van der Waals surface area contributed by atoms with Gasteiger partial charge in [0.05, 0.1) is 4.90 Å². The third kappa shape index (κ3) is 6.19. The lowest BCUT2D eigenvalue weighted by molar-refractivity contribution is -0.116. The molecule has 0 unspecified atom stereocenters. The van der Waals surface area contributed by atoms with Crippen molar-refractivity contribution in [1.29, 1.82) is 5.41 Å². The number of hydrogen-bond acceptors (Lipinski definition) is 6. The van der Waals surface area contributed by atoms with Crippen molar-refractivity contribution < 1.29 is 23.1 Å². The van der Waals surface area contributed by atoms with Gasteiger partial charge in [-0.05, 0) is 78.2 Å². The van der Waals surface area contributed by atoms with Crippen LogP contribution in [0.2, 0.25) is 0 Å². The van der Waals surface area contributed by atoms with Gasteiger partial charge < -0.3 is 15.6 Å². The van der Waals surface area contributed by atoms with Crippen molar-refractivity contribution in [3.8, 4) is 28.4 Å². The van der Waals surface area contributed by atoms with E-state index in [-0.39, 0.29) is 10.6 Å². The number of primary sulfonamides is 1. The Kier molecular flexibility index (Phi) is 6.80. The van der Waals surface area contributed by atoms with Gasteiger partial charge in [0.1, 0.15) is 17.2 Å². The molecule has 1 amide bonds. The maximum Gasteiger partial charge on any atom is 0.253 e. The molecule has 3 aromatic rings. The molecular formula is C23H22N4O5S. The molecule has 0 aliphatic heterocycles. The predicted octanol–water partition coefficient (Wildman–Crippen LogP) is 2.91. The smallest absolute Gasteiger partial charge is 0.253 e. The third-order valence-corrected chi connectivity index (χ3v) is 5.48. The molecule has 3 aromatic carbocycles. The lowest BCUT2D eigenvalue weighted by Crippen LogP contribution is -2.36. The van der Waals surface area contributed by atoms with E-state index >= 15 is 0 Å². The zero-order valence-electron chi connectivity index (χ0n) is 17.6. The second-order valence-electron chi connectivity index (χ2n) is 7.11. The van der Waals surface area contributed by atoms with Crippen LogP contribution in [0.5, 0.6) is 17.2 Å². The molecule has 170 valence electrons. The number of sulfonamides is 1. The first-order chi connectivity index (χ1) is 15.5. The summed E-state index contributed by atoms with van der Waals surface area (Å²) < 4.78 is 28.7. The van der Waals surface area contributed by atoms with Gasteiger partial charge >= 0.3 is 0 Å². The standard InChI is InChI=1S/C23H22N4O5S/c1-14(22(29)27-23(24)25)11-16-5-6-19(13-21(16)15-3-2-4-17(28)12-15)32-18-7-9-20(10-8-18)33(26,30)31/h2-13,28H,1H3,(H2,26,30,31)(H4,24,25,27,29)/b14-11+. The van der Waals surface area contributed by atoms with Crippen molar-refractivity contribution in [3.63, 3.8) is 0 Å². The number of hydrogen-bond donors (Lipinski definition) is 5. The Hall–Kier alpha value is -4.15. The highest BCUT2D eigenvalue weighted by Gasteiger charge is 2.12. The molecule has 10 heteroatoms. The SMILES string of the molecule is C/C(=C\c1ccc(Oc2ccc(S(N)(=O)=O)cc2)cc1-c1cccc(O)c1)C(=O)NC(=N)N. The molecule has 0 bridgehead atoms. The van der Waals surface area contributed by atoms with E-state index in [1.807, 2.05) is 0 Å². The molecule has 0 heterocycles. The number of carbonyl (C=O) groups excluding carboxylic acids is 1. The van der Waals surface area contributed by atoms with Gasteiger partial charge in [0.25, 0.3) is 5.91 Å². The second kappa shape index (κ2) is 9.55. The molecule has 9 nitrogen and oxygen atoms in total. The Morgan fingerprint density at radius 2 is 1.73 bits per heavy atom. The third-order valence-electron chi connectivity index (χ3n) is 4.55. The summed E-state index contributed by atoms with van der Waals surface area (Å²) in [5, 5.41) is 24.5. The van der Waals surface area contributed by atoms with Crippen molar-refractivity contribution in [1.82, 2.24) is 5.32 Å². The Morgan fingerprint density at radius 3 is 2.33 bits per heavy atom. The largest absolute Gasteiger partial charge is 0.508 e. The van der Waals surface area contributed by atoms with Crippen molar-refractivity contribution in [2.45, 2.75) is 11.8 Å².